The summed E-state index contributed by atoms with van der Waals surface area (Å²) < 4.78 is 28.7. The number of amidine groups is 1. The smallest absolute Gasteiger partial charge is 0.285 e. The van der Waals surface area contributed by atoms with Crippen molar-refractivity contribution in [1.82, 2.24) is 10.2 Å². The molecule has 0 aromatic heterocycles. The molecule has 178 valence electrons. The molecular weight excluding hydrogens is 452 g/mol. The van der Waals surface area contributed by atoms with Crippen molar-refractivity contribution in [1.29, 1.82) is 0 Å². The van der Waals surface area contributed by atoms with Crippen LogP contribution in [0.3, 0.4) is 0 Å². The first-order valence-corrected chi connectivity index (χ1v) is 13.3. The number of benzene rings is 2. The van der Waals surface area contributed by atoms with Crippen molar-refractivity contribution in [2.24, 2.45) is 10.3 Å². The highest BCUT2D eigenvalue weighted by Gasteiger charge is 2.34. The molecule has 8 nitrogen and oxygen atoms in total. The van der Waals surface area contributed by atoms with Crippen LogP contribution in [0.5, 0.6) is 0 Å². The van der Waals surface area contributed by atoms with E-state index in [0.717, 1.165) is 25.7 Å². The fourth-order valence-electron chi connectivity index (χ4n) is 5.03. The van der Waals surface area contributed by atoms with E-state index >= 15 is 0 Å². The number of fused-ring (bicyclic) bond motifs is 1. The van der Waals surface area contributed by atoms with Crippen molar-refractivity contribution in [3.05, 3.63) is 59.7 Å². The number of amides is 2. The van der Waals surface area contributed by atoms with Crippen molar-refractivity contribution in [2.45, 2.75) is 49.5 Å². The molecule has 0 bridgehead atoms. The average molecular weight is 481 g/mol. The van der Waals surface area contributed by atoms with E-state index < -0.39 is 10.0 Å². The minimum Gasteiger partial charge on any atom is -0.355 e. The molecule has 2 amide bonds. The highest BCUT2D eigenvalue weighted by atomic mass is 32.2. The van der Waals surface area contributed by atoms with Gasteiger partial charge in [0.1, 0.15) is 4.90 Å². The lowest BCUT2D eigenvalue weighted by Crippen LogP contribution is -2.41. The monoisotopic (exact) mass is 480 g/mol. The summed E-state index contributed by atoms with van der Waals surface area (Å²) in [7, 11) is -3.67. The van der Waals surface area contributed by atoms with Crippen LogP contribution in [0.25, 0.3) is 0 Å². The largest absolute Gasteiger partial charge is 0.355 e. The Kier molecular flexibility index (Phi) is 6.12. The number of sulfonamides is 1. The lowest BCUT2D eigenvalue weighted by Gasteiger charge is -2.32. The van der Waals surface area contributed by atoms with Crippen LogP contribution in [0.2, 0.25) is 0 Å². The Balaban J connectivity index is 1.23. The first kappa shape index (κ1) is 22.6. The number of rotatable bonds is 4. The van der Waals surface area contributed by atoms with Crippen LogP contribution >= 0.6 is 0 Å². The predicted molar refractivity (Wildman–Crippen MR) is 129 cm³/mol. The van der Waals surface area contributed by atoms with Crippen LogP contribution in [0.1, 0.15) is 54.4 Å². The molecule has 2 heterocycles. The summed E-state index contributed by atoms with van der Waals surface area (Å²) in [5.41, 5.74) is 1.61. The zero-order chi connectivity index (χ0) is 23.7. The molecule has 5 rings (SSSR count). The van der Waals surface area contributed by atoms with E-state index in [2.05, 4.69) is 15.0 Å². The standard InChI is InChI=1S/C25H28N4O4S/c30-24(27-21-11-5-3-9-19(21)25(31)26-18-7-1-2-8-18)17-13-15-29(16-14-17)23-20-10-4-6-12-22(20)34(32,33)28-23/h3-6,9-12,17-18H,1-2,7-8,13-16H2,(H,26,31)(H,27,30). The second-order valence-electron chi connectivity index (χ2n) is 9.14. The normalized spacial score (nSPS) is 20.0. The first-order valence-electron chi connectivity index (χ1n) is 11.8. The number of carbonyl (C=O) groups excluding carboxylic acids is 2. The van der Waals surface area contributed by atoms with Gasteiger partial charge in [-0.2, -0.15) is 8.42 Å². The molecule has 0 spiro atoms. The van der Waals surface area contributed by atoms with Crippen molar-refractivity contribution in [3.63, 3.8) is 0 Å². The quantitative estimate of drug-likeness (QED) is 0.699. The molecule has 2 aliphatic heterocycles. The molecule has 0 radical (unpaired) electrons. The number of anilines is 1. The summed E-state index contributed by atoms with van der Waals surface area (Å²) in [6.07, 6.45) is 5.40. The van der Waals surface area contributed by atoms with Gasteiger partial charge in [0.2, 0.25) is 5.91 Å². The molecule has 2 N–H and O–H groups in total. The fourth-order valence-corrected chi connectivity index (χ4v) is 6.26. The molecule has 1 saturated carbocycles. The van der Waals surface area contributed by atoms with Gasteiger partial charge in [0.15, 0.2) is 5.84 Å². The summed E-state index contributed by atoms with van der Waals surface area (Å²) in [4.78, 5) is 28.0. The van der Waals surface area contributed by atoms with Gasteiger partial charge in [0, 0.05) is 30.6 Å². The van der Waals surface area contributed by atoms with Gasteiger partial charge in [-0.15, -0.1) is 4.40 Å². The summed E-state index contributed by atoms with van der Waals surface area (Å²) in [5.74, 6) is -0.0432. The molecule has 2 aromatic carbocycles. The fraction of sp³-hybridized carbons (Fsp3) is 0.400. The Morgan fingerprint density at radius 3 is 2.35 bits per heavy atom. The average Bonchev–Trinajstić information content (AvgIpc) is 3.45. The molecule has 9 heteroatoms. The highest BCUT2D eigenvalue weighted by molar-refractivity contribution is 7.90. The second-order valence-corrected chi connectivity index (χ2v) is 10.7. The van der Waals surface area contributed by atoms with Gasteiger partial charge in [-0.05, 0) is 49.9 Å². The Hall–Kier alpha value is -3.20. The number of nitrogens with zero attached hydrogens (tertiary/aromatic N) is 2. The molecule has 3 aliphatic rings. The Labute approximate surface area is 199 Å². The van der Waals surface area contributed by atoms with Crippen LogP contribution in [0.4, 0.5) is 5.69 Å². The predicted octanol–water partition coefficient (Wildman–Crippen LogP) is 3.16. The lowest BCUT2D eigenvalue weighted by atomic mass is 9.95. The molecule has 1 aliphatic carbocycles. The molecule has 1 saturated heterocycles. The third kappa shape index (κ3) is 4.44. The van der Waals surface area contributed by atoms with Crippen LogP contribution in [-0.2, 0) is 14.8 Å². The molecule has 0 unspecified atom stereocenters. The van der Waals surface area contributed by atoms with E-state index in [1.165, 1.54) is 0 Å². The summed E-state index contributed by atoms with van der Waals surface area (Å²) >= 11 is 0. The number of hydrogen-bond donors (Lipinski definition) is 2. The highest BCUT2D eigenvalue weighted by Crippen LogP contribution is 2.30. The van der Waals surface area contributed by atoms with Gasteiger partial charge in [-0.1, -0.05) is 37.1 Å². The zero-order valence-corrected chi connectivity index (χ0v) is 19.7. The van der Waals surface area contributed by atoms with Crippen LogP contribution in [-0.4, -0.2) is 50.1 Å². The lowest BCUT2D eigenvalue weighted by molar-refractivity contribution is -0.120. The van der Waals surface area contributed by atoms with Crippen LogP contribution < -0.4 is 10.6 Å². The summed E-state index contributed by atoms with van der Waals surface area (Å²) in [6, 6.07) is 14.1. The third-order valence-electron chi connectivity index (χ3n) is 6.90. The number of carbonyl (C=O) groups is 2. The number of piperidine rings is 1. The summed E-state index contributed by atoms with van der Waals surface area (Å²) in [5, 5.41) is 6.04. The van der Waals surface area contributed by atoms with E-state index in [9.17, 15) is 18.0 Å². The maximum absolute atomic E-state index is 13.0. The number of para-hydroxylation sites is 1. The second kappa shape index (κ2) is 9.21. The van der Waals surface area contributed by atoms with Gasteiger partial charge < -0.3 is 15.5 Å². The van der Waals surface area contributed by atoms with Gasteiger partial charge >= 0.3 is 0 Å². The van der Waals surface area contributed by atoms with Gasteiger partial charge in [0.25, 0.3) is 15.9 Å². The maximum atomic E-state index is 13.0. The minimum absolute atomic E-state index is 0.123. The first-order chi connectivity index (χ1) is 16.4. The minimum atomic E-state index is -3.67. The van der Waals surface area contributed by atoms with E-state index in [1.54, 1.807) is 48.5 Å². The van der Waals surface area contributed by atoms with Crippen molar-refractivity contribution >= 4 is 33.4 Å². The zero-order valence-electron chi connectivity index (χ0n) is 18.9. The molecule has 34 heavy (non-hydrogen) atoms. The molecule has 2 fully saturated rings. The number of hydrogen-bond acceptors (Lipinski definition) is 5. The van der Waals surface area contributed by atoms with E-state index in [4.69, 9.17) is 0 Å². The molecule has 0 atom stereocenters. The van der Waals surface area contributed by atoms with Gasteiger partial charge in [-0.3, -0.25) is 9.59 Å². The number of likely N-dealkylation sites (tertiary alicyclic amines) is 1. The number of nitrogens with one attached hydrogen (secondary N) is 2. The van der Waals surface area contributed by atoms with Crippen molar-refractivity contribution in [3.8, 4) is 0 Å². The van der Waals surface area contributed by atoms with Crippen molar-refractivity contribution in [2.75, 3.05) is 18.4 Å². The maximum Gasteiger partial charge on any atom is 0.285 e. The van der Waals surface area contributed by atoms with E-state index in [-0.39, 0.29) is 28.7 Å². The van der Waals surface area contributed by atoms with Gasteiger partial charge in [0.05, 0.1) is 11.3 Å². The topological polar surface area (TPSA) is 108 Å². The summed E-state index contributed by atoms with van der Waals surface area (Å²) in [6.45, 7) is 1.06. The Morgan fingerprint density at radius 1 is 0.912 bits per heavy atom. The van der Waals surface area contributed by atoms with E-state index in [1.807, 2.05) is 4.90 Å². The third-order valence-corrected chi connectivity index (χ3v) is 8.22. The van der Waals surface area contributed by atoms with Crippen LogP contribution in [0.15, 0.2) is 57.8 Å². The van der Waals surface area contributed by atoms with E-state index in [0.29, 0.717) is 48.6 Å². The van der Waals surface area contributed by atoms with Crippen LogP contribution in [0, 0.1) is 5.92 Å². The molecule has 2 aromatic rings. The molecular formula is C25H28N4O4S. The Bertz CT molecular complexity index is 1240. The van der Waals surface area contributed by atoms with Crippen molar-refractivity contribution < 1.29 is 18.0 Å². The Morgan fingerprint density at radius 2 is 1.59 bits per heavy atom. The van der Waals surface area contributed by atoms with Gasteiger partial charge in [-0.25, -0.2) is 0 Å². The SMILES string of the molecule is O=C(NC1CCCC1)c1ccccc1NC(=O)C1CCN(C2=NS(=O)(=O)c3ccccc32)CC1.